The smallest absolute Gasteiger partial charge is 0.267 e. The van der Waals surface area contributed by atoms with Crippen LogP contribution in [0, 0.1) is 0 Å². The van der Waals surface area contributed by atoms with Gasteiger partial charge in [0.1, 0.15) is 6.61 Å². The number of methoxy groups -OCH3 is 1. The normalized spacial score (nSPS) is 15.1. The van der Waals surface area contributed by atoms with Crippen LogP contribution in [0.3, 0.4) is 0 Å². The van der Waals surface area contributed by atoms with Gasteiger partial charge in [-0.25, -0.2) is 4.99 Å². The highest BCUT2D eigenvalue weighted by molar-refractivity contribution is 8.18. The summed E-state index contributed by atoms with van der Waals surface area (Å²) in [5.74, 6) is 1.17. The van der Waals surface area contributed by atoms with Crippen LogP contribution in [0.1, 0.15) is 16.7 Å². The summed E-state index contributed by atoms with van der Waals surface area (Å²) in [6.45, 7) is 0.861. The van der Waals surface area contributed by atoms with Crippen molar-refractivity contribution in [1.29, 1.82) is 0 Å². The Morgan fingerprint density at radius 2 is 1.54 bits per heavy atom. The summed E-state index contributed by atoms with van der Waals surface area (Å²) in [6.07, 6.45) is 1.88. The number of benzene rings is 5. The SMILES string of the molecule is COc1cc(C=C2SC(=Nc3ccccc3)N(Cc3ccccc3)C2=O)ccc1OCc1cccc2ccccc12. The largest absolute Gasteiger partial charge is 0.493 e. The van der Waals surface area contributed by atoms with E-state index in [1.54, 1.807) is 12.0 Å². The van der Waals surface area contributed by atoms with Crippen molar-refractivity contribution >= 4 is 45.4 Å². The molecule has 5 aromatic rings. The van der Waals surface area contributed by atoms with Gasteiger partial charge in [-0.05, 0) is 69.6 Å². The number of fused-ring (bicyclic) bond motifs is 1. The van der Waals surface area contributed by atoms with Crippen LogP contribution < -0.4 is 9.47 Å². The molecule has 1 amide bonds. The minimum Gasteiger partial charge on any atom is -0.493 e. The topological polar surface area (TPSA) is 51.1 Å². The first-order chi connectivity index (χ1) is 20.2. The molecule has 0 bridgehead atoms. The van der Waals surface area contributed by atoms with Crippen LogP contribution in [0.25, 0.3) is 16.8 Å². The van der Waals surface area contributed by atoms with Gasteiger partial charge < -0.3 is 9.47 Å². The Hall–Kier alpha value is -4.81. The number of thioether (sulfide) groups is 1. The molecule has 0 aromatic heterocycles. The van der Waals surface area contributed by atoms with Crippen molar-refractivity contribution in [3.63, 3.8) is 0 Å². The predicted molar refractivity (Wildman–Crippen MR) is 167 cm³/mol. The molecule has 41 heavy (non-hydrogen) atoms. The third kappa shape index (κ3) is 6.03. The molecule has 0 radical (unpaired) electrons. The molecule has 202 valence electrons. The maximum atomic E-state index is 13.6. The lowest BCUT2D eigenvalue weighted by molar-refractivity contribution is -0.122. The van der Waals surface area contributed by atoms with Crippen LogP contribution in [0.15, 0.2) is 131 Å². The number of amidine groups is 1. The molecule has 5 nitrogen and oxygen atoms in total. The van der Waals surface area contributed by atoms with E-state index >= 15 is 0 Å². The van der Waals surface area contributed by atoms with Crippen molar-refractivity contribution in [3.8, 4) is 11.5 Å². The average molecular weight is 557 g/mol. The van der Waals surface area contributed by atoms with Crippen LogP contribution in [0.5, 0.6) is 11.5 Å². The van der Waals surface area contributed by atoms with Gasteiger partial charge in [-0.3, -0.25) is 9.69 Å². The van der Waals surface area contributed by atoms with Crippen molar-refractivity contribution in [2.75, 3.05) is 7.11 Å². The first kappa shape index (κ1) is 26.4. The van der Waals surface area contributed by atoms with Gasteiger partial charge in [0.15, 0.2) is 16.7 Å². The first-order valence-corrected chi connectivity index (χ1v) is 14.2. The summed E-state index contributed by atoms with van der Waals surface area (Å²) in [4.78, 5) is 20.7. The maximum Gasteiger partial charge on any atom is 0.267 e. The van der Waals surface area contributed by atoms with Gasteiger partial charge in [0.25, 0.3) is 5.91 Å². The van der Waals surface area contributed by atoms with Crippen LogP contribution >= 0.6 is 11.8 Å². The second kappa shape index (κ2) is 12.1. The number of carbonyl (C=O) groups is 1. The molecule has 1 aliphatic heterocycles. The molecule has 5 aromatic carbocycles. The van der Waals surface area contributed by atoms with E-state index in [9.17, 15) is 4.79 Å². The van der Waals surface area contributed by atoms with E-state index in [1.807, 2.05) is 103 Å². The highest BCUT2D eigenvalue weighted by Gasteiger charge is 2.33. The van der Waals surface area contributed by atoms with Crippen molar-refractivity contribution in [2.45, 2.75) is 13.2 Å². The Labute approximate surface area is 243 Å². The quantitative estimate of drug-likeness (QED) is 0.181. The summed E-state index contributed by atoms with van der Waals surface area (Å²) in [7, 11) is 1.62. The zero-order valence-corrected chi connectivity index (χ0v) is 23.4. The minimum absolute atomic E-state index is 0.0798. The average Bonchev–Trinajstić information content (AvgIpc) is 3.30. The Balaban J connectivity index is 1.25. The van der Waals surface area contributed by atoms with Crippen molar-refractivity contribution in [1.82, 2.24) is 4.90 Å². The fraction of sp³-hybridized carbons (Fsp3) is 0.0857. The maximum absolute atomic E-state index is 13.6. The third-order valence-electron chi connectivity index (χ3n) is 6.80. The fourth-order valence-corrected chi connectivity index (χ4v) is 5.73. The molecule has 0 spiro atoms. The van der Waals surface area contributed by atoms with Crippen molar-refractivity contribution in [2.24, 2.45) is 4.99 Å². The molecule has 1 heterocycles. The lowest BCUT2D eigenvalue weighted by atomic mass is 10.1. The molecule has 0 unspecified atom stereocenters. The van der Waals surface area contributed by atoms with Gasteiger partial charge in [0.05, 0.1) is 24.2 Å². The number of carbonyl (C=O) groups excluding carboxylic acids is 1. The standard InChI is InChI=1S/C35H28N2O3S/c1-39-32-21-26(19-20-31(32)40-24-28-15-10-14-27-13-8-9-18-30(27)28)22-33-34(38)37(23-25-11-4-2-5-12-25)35(41-33)36-29-16-6-3-7-17-29/h2-22H,23-24H2,1H3. The highest BCUT2D eigenvalue weighted by Crippen LogP contribution is 2.37. The van der Waals surface area contributed by atoms with Crippen LogP contribution in [-0.2, 0) is 17.9 Å². The number of hydrogen-bond acceptors (Lipinski definition) is 5. The Morgan fingerprint density at radius 1 is 0.805 bits per heavy atom. The number of para-hydroxylation sites is 1. The molecule has 1 fully saturated rings. The molecule has 6 rings (SSSR count). The van der Waals surface area contributed by atoms with E-state index in [4.69, 9.17) is 14.5 Å². The van der Waals surface area contributed by atoms with Crippen LogP contribution in [0.2, 0.25) is 0 Å². The molecule has 0 atom stereocenters. The summed E-state index contributed by atoms with van der Waals surface area (Å²) < 4.78 is 11.9. The lowest BCUT2D eigenvalue weighted by Crippen LogP contribution is -2.28. The van der Waals surface area contributed by atoms with Crippen molar-refractivity contribution in [3.05, 3.63) is 143 Å². The molecule has 1 saturated heterocycles. The number of amides is 1. The highest BCUT2D eigenvalue weighted by atomic mass is 32.2. The van der Waals surface area contributed by atoms with E-state index in [2.05, 4.69) is 24.3 Å². The van der Waals surface area contributed by atoms with Gasteiger partial charge in [0, 0.05) is 0 Å². The molecular weight excluding hydrogens is 528 g/mol. The lowest BCUT2D eigenvalue weighted by Gasteiger charge is -2.15. The summed E-state index contributed by atoms with van der Waals surface area (Å²) in [5.41, 5.74) is 3.79. The Kier molecular flexibility index (Phi) is 7.83. The molecule has 0 saturated carbocycles. The van der Waals surface area contributed by atoms with Crippen molar-refractivity contribution < 1.29 is 14.3 Å². The summed E-state index contributed by atoms with van der Waals surface area (Å²) >= 11 is 1.38. The number of ether oxygens (including phenoxy) is 2. The first-order valence-electron chi connectivity index (χ1n) is 13.3. The molecule has 6 heteroatoms. The van der Waals surface area contributed by atoms with E-state index in [0.717, 1.165) is 22.4 Å². The number of rotatable bonds is 8. The van der Waals surface area contributed by atoms with Gasteiger partial charge in [0.2, 0.25) is 0 Å². The van der Waals surface area contributed by atoms with E-state index in [1.165, 1.54) is 22.5 Å². The van der Waals surface area contributed by atoms with Gasteiger partial charge in [-0.15, -0.1) is 0 Å². The second-order valence-corrected chi connectivity index (χ2v) is 10.6. The summed E-state index contributed by atoms with van der Waals surface area (Å²) in [6, 6.07) is 39.9. The van der Waals surface area contributed by atoms with Gasteiger partial charge >= 0.3 is 0 Å². The monoisotopic (exact) mass is 556 g/mol. The fourth-order valence-electron chi connectivity index (χ4n) is 4.73. The van der Waals surface area contributed by atoms with Crippen LogP contribution in [0.4, 0.5) is 5.69 Å². The number of hydrogen-bond donors (Lipinski definition) is 0. The number of nitrogens with zero attached hydrogens (tertiary/aromatic N) is 2. The molecule has 0 N–H and O–H groups in total. The molecular formula is C35H28N2O3S. The Bertz CT molecular complexity index is 1740. The van der Waals surface area contributed by atoms with Crippen LogP contribution in [-0.4, -0.2) is 23.1 Å². The van der Waals surface area contributed by atoms with Gasteiger partial charge in [-0.2, -0.15) is 0 Å². The zero-order valence-electron chi connectivity index (χ0n) is 22.6. The third-order valence-corrected chi connectivity index (χ3v) is 7.81. The van der Waals surface area contributed by atoms with E-state index in [0.29, 0.717) is 34.7 Å². The molecule has 0 aliphatic carbocycles. The molecule has 1 aliphatic rings. The zero-order chi connectivity index (χ0) is 28.0. The summed E-state index contributed by atoms with van der Waals surface area (Å²) in [5, 5.41) is 3.00. The Morgan fingerprint density at radius 3 is 2.34 bits per heavy atom. The van der Waals surface area contributed by atoms with E-state index in [-0.39, 0.29) is 5.91 Å². The minimum atomic E-state index is -0.0798. The van der Waals surface area contributed by atoms with E-state index < -0.39 is 0 Å². The van der Waals surface area contributed by atoms with Gasteiger partial charge in [-0.1, -0.05) is 97.1 Å². The number of aliphatic imine (C=N–C) groups is 1. The second-order valence-electron chi connectivity index (χ2n) is 9.55. The predicted octanol–water partition coefficient (Wildman–Crippen LogP) is 8.23.